The molecule has 0 aliphatic carbocycles. The summed E-state index contributed by atoms with van der Waals surface area (Å²) < 4.78 is 27.1. The number of anilines is 3. The molecule has 2 aromatic carbocycles. The topological polar surface area (TPSA) is 84.0 Å². The lowest BCUT2D eigenvalue weighted by Crippen LogP contribution is -2.08. The molecule has 2 heterocycles. The quantitative estimate of drug-likeness (QED) is 0.409. The molecule has 0 atom stereocenters. The van der Waals surface area contributed by atoms with Crippen LogP contribution in [-0.4, -0.2) is 18.4 Å². The zero-order valence-electron chi connectivity index (χ0n) is 15.8. The number of nitrogens with one attached hydrogen (secondary N) is 2. The first-order valence-corrected chi connectivity index (χ1v) is 11.5. The zero-order chi connectivity index (χ0) is 20.8. The average molecular weight is 435 g/mol. The second-order valence-electron chi connectivity index (χ2n) is 6.34. The average Bonchev–Trinajstić information content (AvgIpc) is 3.23. The maximum Gasteiger partial charge on any atom is 0.255 e. The zero-order valence-corrected chi connectivity index (χ0v) is 17.4. The van der Waals surface area contributed by atoms with Crippen LogP contribution in [0.1, 0.15) is 5.56 Å². The molecule has 0 saturated heterocycles. The summed E-state index contributed by atoms with van der Waals surface area (Å²) in [6.07, 6.45) is 5.00. The van der Waals surface area contributed by atoms with E-state index in [1.807, 2.05) is 60.0 Å². The highest BCUT2D eigenvalue weighted by atomic mass is 32.2. The Morgan fingerprint density at radius 3 is 2.43 bits per heavy atom. The highest BCUT2D eigenvalue weighted by Gasteiger charge is 2.08. The lowest BCUT2D eigenvalue weighted by molar-refractivity contribution is 0.609. The molecule has 0 unspecified atom stereocenters. The van der Waals surface area contributed by atoms with E-state index in [4.69, 9.17) is 0 Å². The molecule has 0 fully saturated rings. The molecule has 0 amide bonds. The summed E-state index contributed by atoms with van der Waals surface area (Å²) in [7, 11) is -3.60. The number of sulfonamides is 1. The van der Waals surface area contributed by atoms with Crippen LogP contribution in [0.25, 0.3) is 17.3 Å². The van der Waals surface area contributed by atoms with Crippen LogP contribution in [0.4, 0.5) is 16.5 Å². The summed E-state index contributed by atoms with van der Waals surface area (Å²) in [5.74, 6) is 0. The van der Waals surface area contributed by atoms with E-state index in [1.54, 1.807) is 30.6 Å². The Morgan fingerprint density at radius 2 is 1.70 bits per heavy atom. The van der Waals surface area contributed by atoms with E-state index >= 15 is 0 Å². The lowest BCUT2D eigenvalue weighted by Gasteiger charge is -2.05. The Labute approximate surface area is 179 Å². The van der Waals surface area contributed by atoms with Gasteiger partial charge < -0.3 is 5.32 Å². The highest BCUT2D eigenvalue weighted by Crippen LogP contribution is 2.28. The maximum atomic E-state index is 12.3. The Balaban J connectivity index is 1.42. The van der Waals surface area contributed by atoms with E-state index in [0.29, 0.717) is 5.69 Å². The van der Waals surface area contributed by atoms with E-state index in [2.05, 4.69) is 20.0 Å². The minimum absolute atomic E-state index is 0.486. The highest BCUT2D eigenvalue weighted by molar-refractivity contribution is 7.95. The Hall–Kier alpha value is -3.49. The van der Waals surface area contributed by atoms with Crippen molar-refractivity contribution in [3.63, 3.8) is 0 Å². The van der Waals surface area contributed by atoms with Gasteiger partial charge in [-0.1, -0.05) is 42.5 Å². The number of pyridine rings is 1. The molecule has 0 bridgehead atoms. The molecule has 2 N–H and O–H groups in total. The number of thiazole rings is 1. The third-order valence-electron chi connectivity index (χ3n) is 4.10. The summed E-state index contributed by atoms with van der Waals surface area (Å²) >= 11 is 1.49. The first-order valence-electron chi connectivity index (χ1n) is 9.06. The van der Waals surface area contributed by atoms with E-state index < -0.39 is 10.0 Å². The molecule has 30 heavy (non-hydrogen) atoms. The normalized spacial score (nSPS) is 11.5. The minimum atomic E-state index is -3.60. The molecule has 0 aliphatic rings. The lowest BCUT2D eigenvalue weighted by atomic mass is 10.1. The number of benzene rings is 2. The largest absolute Gasteiger partial charge is 0.330 e. The summed E-state index contributed by atoms with van der Waals surface area (Å²) in [4.78, 5) is 8.64. The van der Waals surface area contributed by atoms with Crippen molar-refractivity contribution in [3.8, 4) is 11.3 Å². The molecule has 6 nitrogen and oxygen atoms in total. The number of aromatic nitrogens is 2. The second-order valence-corrected chi connectivity index (χ2v) is 8.77. The van der Waals surface area contributed by atoms with Crippen LogP contribution in [-0.2, 0) is 10.0 Å². The van der Waals surface area contributed by atoms with Gasteiger partial charge >= 0.3 is 0 Å². The van der Waals surface area contributed by atoms with Crippen molar-refractivity contribution in [2.75, 3.05) is 10.0 Å². The minimum Gasteiger partial charge on any atom is -0.330 e. The van der Waals surface area contributed by atoms with Gasteiger partial charge in [0.05, 0.1) is 23.0 Å². The van der Waals surface area contributed by atoms with Gasteiger partial charge in [0.1, 0.15) is 0 Å². The smallest absolute Gasteiger partial charge is 0.255 e. The Bertz CT molecular complexity index is 1240. The molecule has 4 rings (SSSR count). The van der Waals surface area contributed by atoms with E-state index in [0.717, 1.165) is 33.0 Å². The molecule has 0 saturated carbocycles. The molecule has 0 aliphatic heterocycles. The maximum absolute atomic E-state index is 12.3. The predicted octanol–water partition coefficient (Wildman–Crippen LogP) is 5.36. The fraction of sp³-hybridized carbons (Fsp3) is 0. The van der Waals surface area contributed by atoms with Gasteiger partial charge in [-0.15, -0.1) is 11.3 Å². The van der Waals surface area contributed by atoms with E-state index in [9.17, 15) is 8.42 Å². The first kappa shape index (κ1) is 19.8. The molecular weight excluding hydrogens is 416 g/mol. The monoisotopic (exact) mass is 434 g/mol. The van der Waals surface area contributed by atoms with Crippen LogP contribution >= 0.6 is 11.3 Å². The predicted molar refractivity (Wildman–Crippen MR) is 123 cm³/mol. The van der Waals surface area contributed by atoms with Crippen molar-refractivity contribution in [2.24, 2.45) is 0 Å². The van der Waals surface area contributed by atoms with Crippen molar-refractivity contribution in [1.82, 2.24) is 9.97 Å². The van der Waals surface area contributed by atoms with Crippen LogP contribution in [0.3, 0.4) is 0 Å². The molecular formula is C22H18N4O2S2. The van der Waals surface area contributed by atoms with E-state index in [1.165, 1.54) is 11.3 Å². The SMILES string of the molecule is O=S(=O)(C=Cc1ccccc1)Nc1ccc(-c2csc(Nc3cccnc3)n2)cc1. The molecule has 2 aromatic heterocycles. The van der Waals surface area contributed by atoms with Crippen LogP contribution in [0.15, 0.2) is 89.9 Å². The molecule has 4 aromatic rings. The summed E-state index contributed by atoms with van der Waals surface area (Å²) in [5.41, 5.74) is 3.88. The van der Waals surface area contributed by atoms with Crippen molar-refractivity contribution >= 4 is 43.9 Å². The second kappa shape index (κ2) is 8.89. The van der Waals surface area contributed by atoms with Gasteiger partial charge in [-0.2, -0.15) is 0 Å². The third-order valence-corrected chi connectivity index (χ3v) is 5.87. The van der Waals surface area contributed by atoms with Crippen molar-refractivity contribution in [3.05, 3.63) is 95.5 Å². The van der Waals surface area contributed by atoms with E-state index in [-0.39, 0.29) is 0 Å². The van der Waals surface area contributed by atoms with Crippen LogP contribution in [0, 0.1) is 0 Å². The number of rotatable bonds is 7. The summed E-state index contributed by atoms with van der Waals surface area (Å²) in [5, 5.41) is 7.07. The third kappa shape index (κ3) is 5.31. The molecule has 150 valence electrons. The van der Waals surface area contributed by atoms with Gasteiger partial charge in [0, 0.05) is 22.8 Å². The Morgan fingerprint density at radius 1 is 0.900 bits per heavy atom. The standard InChI is InChI=1S/C22H18N4O2S2/c27-30(28,14-12-17-5-2-1-3-6-17)26-19-10-8-18(9-11-19)21-16-29-22(25-21)24-20-7-4-13-23-15-20/h1-16,26H,(H,24,25). The fourth-order valence-electron chi connectivity index (χ4n) is 2.66. The number of hydrogen-bond acceptors (Lipinski definition) is 6. The molecule has 8 heteroatoms. The van der Waals surface area contributed by atoms with Crippen LogP contribution in [0.5, 0.6) is 0 Å². The fourth-order valence-corrected chi connectivity index (χ4v) is 4.27. The van der Waals surface area contributed by atoms with Gasteiger partial charge in [-0.05, 0) is 35.9 Å². The first-order chi connectivity index (χ1) is 14.6. The van der Waals surface area contributed by atoms with Crippen molar-refractivity contribution in [2.45, 2.75) is 0 Å². The summed E-state index contributed by atoms with van der Waals surface area (Å²) in [6.45, 7) is 0. The van der Waals surface area contributed by atoms with Gasteiger partial charge in [0.2, 0.25) is 0 Å². The molecule has 0 spiro atoms. The van der Waals surface area contributed by atoms with Crippen LogP contribution in [0.2, 0.25) is 0 Å². The summed E-state index contributed by atoms with van der Waals surface area (Å²) in [6, 6.07) is 20.1. The van der Waals surface area contributed by atoms with Gasteiger partial charge in [0.15, 0.2) is 5.13 Å². The van der Waals surface area contributed by atoms with Crippen molar-refractivity contribution < 1.29 is 8.42 Å². The molecule has 0 radical (unpaired) electrons. The van der Waals surface area contributed by atoms with Gasteiger partial charge in [0.25, 0.3) is 10.0 Å². The van der Waals surface area contributed by atoms with Crippen LogP contribution < -0.4 is 10.0 Å². The number of nitrogens with zero attached hydrogens (tertiary/aromatic N) is 2. The Kier molecular flexibility index (Phi) is 5.87. The van der Waals surface area contributed by atoms with Gasteiger partial charge in [-0.25, -0.2) is 13.4 Å². The van der Waals surface area contributed by atoms with Gasteiger partial charge in [-0.3, -0.25) is 9.71 Å². The van der Waals surface area contributed by atoms with Crippen molar-refractivity contribution in [1.29, 1.82) is 0 Å². The number of hydrogen-bond donors (Lipinski definition) is 2.